The lowest BCUT2D eigenvalue weighted by Gasteiger charge is -2.29. The topological polar surface area (TPSA) is 91.6 Å². The summed E-state index contributed by atoms with van der Waals surface area (Å²) in [6, 6.07) is 14.3. The highest BCUT2D eigenvalue weighted by Gasteiger charge is 2.34. The Balaban J connectivity index is 1.74. The summed E-state index contributed by atoms with van der Waals surface area (Å²) in [6.45, 7) is 7.70. The number of aryl methyl sites for hydroxylation is 3. The van der Waals surface area contributed by atoms with Crippen LogP contribution in [0, 0.1) is 20.8 Å². The van der Waals surface area contributed by atoms with Crippen LogP contribution < -0.4 is 10.2 Å². The maximum Gasteiger partial charge on any atom is 0.335 e. The van der Waals surface area contributed by atoms with Crippen LogP contribution in [0.4, 0.5) is 5.69 Å². The number of aromatic carboxylic acids is 1. The van der Waals surface area contributed by atoms with Crippen LogP contribution in [-0.2, 0) is 16.0 Å². The molecular weight excluding hydrogens is 462 g/mol. The number of anilines is 1. The minimum Gasteiger partial charge on any atom is -0.478 e. The smallest absolute Gasteiger partial charge is 0.335 e. The summed E-state index contributed by atoms with van der Waals surface area (Å²) in [7, 11) is 0. The highest BCUT2D eigenvalue weighted by molar-refractivity contribution is 7.80. The summed E-state index contributed by atoms with van der Waals surface area (Å²) < 4.78 is 1.98. The zero-order valence-electron chi connectivity index (χ0n) is 19.9. The fourth-order valence-corrected chi connectivity index (χ4v) is 4.55. The van der Waals surface area contributed by atoms with E-state index in [9.17, 15) is 19.5 Å². The van der Waals surface area contributed by atoms with Crippen molar-refractivity contribution in [1.82, 2.24) is 9.88 Å². The van der Waals surface area contributed by atoms with Gasteiger partial charge in [0.25, 0.3) is 11.8 Å². The van der Waals surface area contributed by atoms with Crippen molar-refractivity contribution in [2.24, 2.45) is 0 Å². The predicted molar refractivity (Wildman–Crippen MR) is 139 cm³/mol. The second kappa shape index (κ2) is 9.31. The standard InChI is InChI=1S/C27H25N3O4S/c1-5-18-6-9-21(10-7-18)30-25(32)22(24(31)28-27(30)35)14-20-13-16(3)29(17(20)4)23-11-8-19(26(33)34)12-15(23)2/h6-14H,5H2,1-4H3,(H,33,34)(H,28,31,35)/b22-14+. The summed E-state index contributed by atoms with van der Waals surface area (Å²) in [6.07, 6.45) is 2.45. The monoisotopic (exact) mass is 487 g/mol. The fourth-order valence-electron chi connectivity index (χ4n) is 4.27. The number of carbonyl (C=O) groups is 3. The second-order valence-electron chi connectivity index (χ2n) is 8.45. The van der Waals surface area contributed by atoms with E-state index in [1.54, 1.807) is 24.3 Å². The molecule has 7 nitrogen and oxygen atoms in total. The largest absolute Gasteiger partial charge is 0.478 e. The normalized spacial score (nSPS) is 15.0. The van der Waals surface area contributed by atoms with Crippen molar-refractivity contribution >= 4 is 46.9 Å². The molecule has 2 aromatic carbocycles. The molecule has 1 aliphatic heterocycles. The molecule has 1 saturated heterocycles. The molecule has 0 aliphatic carbocycles. The fraction of sp³-hybridized carbons (Fsp3) is 0.185. The van der Waals surface area contributed by atoms with Gasteiger partial charge in [0.05, 0.1) is 11.3 Å². The maximum absolute atomic E-state index is 13.4. The molecule has 2 N–H and O–H groups in total. The molecule has 4 rings (SSSR count). The van der Waals surface area contributed by atoms with Gasteiger partial charge in [0, 0.05) is 17.1 Å². The number of nitrogens with one attached hydrogen (secondary N) is 1. The Hall–Kier alpha value is -4.04. The first-order valence-corrected chi connectivity index (χ1v) is 11.6. The molecule has 1 aromatic heterocycles. The molecule has 0 bridgehead atoms. The van der Waals surface area contributed by atoms with Crippen LogP contribution in [-0.4, -0.2) is 32.6 Å². The lowest BCUT2D eigenvalue weighted by atomic mass is 10.1. The average Bonchev–Trinajstić information content (AvgIpc) is 3.09. The number of carbonyl (C=O) groups excluding carboxylic acids is 2. The Bertz CT molecular complexity index is 1420. The molecule has 1 fully saturated rings. The van der Waals surface area contributed by atoms with Gasteiger partial charge in [0.1, 0.15) is 5.57 Å². The number of aromatic nitrogens is 1. The molecule has 0 radical (unpaired) electrons. The third-order valence-corrected chi connectivity index (χ3v) is 6.44. The maximum atomic E-state index is 13.4. The lowest BCUT2D eigenvalue weighted by Crippen LogP contribution is -2.54. The van der Waals surface area contributed by atoms with Crippen LogP contribution >= 0.6 is 12.2 Å². The van der Waals surface area contributed by atoms with E-state index in [-0.39, 0.29) is 16.2 Å². The lowest BCUT2D eigenvalue weighted by molar-refractivity contribution is -0.122. The van der Waals surface area contributed by atoms with Crippen LogP contribution in [0.25, 0.3) is 11.8 Å². The van der Waals surface area contributed by atoms with Crippen molar-refractivity contribution in [2.45, 2.75) is 34.1 Å². The molecule has 0 spiro atoms. The highest BCUT2D eigenvalue weighted by atomic mass is 32.1. The molecule has 0 unspecified atom stereocenters. The van der Waals surface area contributed by atoms with Gasteiger partial charge in [0.2, 0.25) is 0 Å². The number of carboxylic acids is 1. The summed E-state index contributed by atoms with van der Waals surface area (Å²) in [5, 5.41) is 11.9. The second-order valence-corrected chi connectivity index (χ2v) is 8.83. The first-order chi connectivity index (χ1) is 16.6. The molecule has 2 heterocycles. The van der Waals surface area contributed by atoms with Crippen molar-refractivity contribution < 1.29 is 19.5 Å². The van der Waals surface area contributed by atoms with E-state index in [2.05, 4.69) is 5.32 Å². The third kappa shape index (κ3) is 4.40. The van der Waals surface area contributed by atoms with Crippen molar-refractivity contribution in [3.8, 4) is 5.69 Å². The van der Waals surface area contributed by atoms with E-state index in [1.807, 2.05) is 62.6 Å². The Morgan fingerprint density at radius 1 is 1.06 bits per heavy atom. The van der Waals surface area contributed by atoms with Crippen LogP contribution in [0.3, 0.4) is 0 Å². The van der Waals surface area contributed by atoms with Crippen LogP contribution in [0.2, 0.25) is 0 Å². The van der Waals surface area contributed by atoms with Crippen molar-refractivity contribution in [3.05, 3.63) is 87.7 Å². The molecule has 3 aromatic rings. The Morgan fingerprint density at radius 2 is 1.74 bits per heavy atom. The zero-order valence-corrected chi connectivity index (χ0v) is 20.7. The molecule has 8 heteroatoms. The number of carboxylic acid groups (broad SMARTS) is 1. The number of rotatable bonds is 5. The average molecular weight is 488 g/mol. The van der Waals surface area contributed by atoms with Crippen LogP contribution in [0.5, 0.6) is 0 Å². The summed E-state index contributed by atoms with van der Waals surface area (Å²) >= 11 is 5.30. The van der Waals surface area contributed by atoms with Crippen LogP contribution in [0.1, 0.15) is 45.4 Å². The molecule has 35 heavy (non-hydrogen) atoms. The highest BCUT2D eigenvalue weighted by Crippen LogP contribution is 2.28. The molecular formula is C27H25N3O4S. The van der Waals surface area contributed by atoms with Gasteiger partial charge >= 0.3 is 5.97 Å². The quantitative estimate of drug-likeness (QED) is 0.314. The number of nitrogens with zero attached hydrogens (tertiary/aromatic N) is 2. The number of benzene rings is 2. The van der Waals surface area contributed by atoms with Gasteiger partial charge in [-0.2, -0.15) is 0 Å². The SMILES string of the molecule is CCc1ccc(N2C(=O)/C(=C/c3cc(C)n(-c4ccc(C(=O)O)cc4C)c3C)C(=O)NC2=S)cc1. The number of hydrogen-bond donors (Lipinski definition) is 2. The molecule has 1 aliphatic rings. The molecule has 0 atom stereocenters. The number of hydrogen-bond acceptors (Lipinski definition) is 4. The first kappa shape index (κ1) is 24.1. The van der Waals surface area contributed by atoms with Gasteiger partial charge < -0.3 is 9.67 Å². The minimum absolute atomic E-state index is 0.0173. The predicted octanol–water partition coefficient (Wildman–Crippen LogP) is 4.49. The van der Waals surface area contributed by atoms with Crippen molar-refractivity contribution in [3.63, 3.8) is 0 Å². The van der Waals surface area contributed by atoms with Gasteiger partial charge in [-0.05, 0) is 98.6 Å². The van der Waals surface area contributed by atoms with E-state index in [0.29, 0.717) is 11.3 Å². The molecule has 0 saturated carbocycles. The van der Waals surface area contributed by atoms with E-state index in [0.717, 1.165) is 34.6 Å². The van der Waals surface area contributed by atoms with E-state index < -0.39 is 17.8 Å². The number of amides is 2. The van der Waals surface area contributed by atoms with Gasteiger partial charge in [-0.15, -0.1) is 0 Å². The summed E-state index contributed by atoms with van der Waals surface area (Å²) in [5.41, 5.74) is 5.93. The van der Waals surface area contributed by atoms with Crippen molar-refractivity contribution in [1.29, 1.82) is 0 Å². The molecule has 2 amide bonds. The van der Waals surface area contributed by atoms with Crippen molar-refractivity contribution in [2.75, 3.05) is 4.90 Å². The first-order valence-electron chi connectivity index (χ1n) is 11.2. The van der Waals surface area contributed by atoms with E-state index >= 15 is 0 Å². The van der Waals surface area contributed by atoms with E-state index in [4.69, 9.17) is 12.2 Å². The van der Waals surface area contributed by atoms with E-state index in [1.165, 1.54) is 4.90 Å². The number of thiocarbonyl (C=S) groups is 1. The zero-order chi connectivity index (χ0) is 25.4. The van der Waals surface area contributed by atoms with Gasteiger partial charge in [-0.1, -0.05) is 19.1 Å². The summed E-state index contributed by atoms with van der Waals surface area (Å²) in [4.78, 5) is 38.8. The minimum atomic E-state index is -0.986. The Morgan fingerprint density at radius 3 is 2.34 bits per heavy atom. The third-order valence-electron chi connectivity index (χ3n) is 6.16. The summed E-state index contributed by atoms with van der Waals surface area (Å²) in [5.74, 6) is -2.03. The Kier molecular flexibility index (Phi) is 6.41. The van der Waals surface area contributed by atoms with Crippen LogP contribution in [0.15, 0.2) is 54.1 Å². The van der Waals surface area contributed by atoms with Gasteiger partial charge in [0.15, 0.2) is 5.11 Å². The molecule has 178 valence electrons. The Labute approximate surface area is 208 Å². The van der Waals surface area contributed by atoms with Gasteiger partial charge in [-0.25, -0.2) is 4.79 Å². The van der Waals surface area contributed by atoms with Gasteiger partial charge in [-0.3, -0.25) is 19.8 Å².